The van der Waals surface area contributed by atoms with Crippen molar-refractivity contribution in [3.8, 4) is 0 Å². The van der Waals surface area contributed by atoms with E-state index in [0.717, 1.165) is 25.7 Å². The smallest absolute Gasteiger partial charge is 0.253 e. The topological polar surface area (TPSA) is 83.4 Å². The third-order valence-electron chi connectivity index (χ3n) is 6.38. The fourth-order valence-corrected chi connectivity index (χ4v) is 4.72. The van der Waals surface area contributed by atoms with Crippen LogP contribution in [0, 0.1) is 5.92 Å². The van der Waals surface area contributed by atoms with E-state index in [1.165, 1.54) is 21.8 Å². The molecule has 7 nitrogen and oxygen atoms in total. The largest absolute Gasteiger partial charge is 0.352 e. The first-order chi connectivity index (χ1) is 14.9. The molecule has 1 aromatic heterocycles. The maximum absolute atomic E-state index is 13.0. The molecule has 1 aromatic carbocycles. The first kappa shape index (κ1) is 21.3. The first-order valence-electron chi connectivity index (χ1n) is 10.9. The number of aryl methyl sites for hydroxylation is 1. The highest BCUT2D eigenvalue weighted by atomic mass is 16.2. The van der Waals surface area contributed by atoms with Crippen molar-refractivity contribution in [2.45, 2.75) is 37.8 Å². The maximum atomic E-state index is 13.0. The molecular formula is C24H30N4O3. The predicted molar refractivity (Wildman–Crippen MR) is 119 cm³/mol. The van der Waals surface area contributed by atoms with Gasteiger partial charge < -0.3 is 20.1 Å². The van der Waals surface area contributed by atoms with Crippen molar-refractivity contribution in [2.75, 3.05) is 20.1 Å². The number of hydrogen-bond donors (Lipinski definition) is 2. The van der Waals surface area contributed by atoms with Crippen LogP contribution in [0.3, 0.4) is 0 Å². The number of carbonyl (C=O) groups is 2. The van der Waals surface area contributed by atoms with Crippen LogP contribution < -0.4 is 16.2 Å². The van der Waals surface area contributed by atoms with Crippen molar-refractivity contribution in [3.05, 3.63) is 69.6 Å². The molecule has 2 atom stereocenters. The van der Waals surface area contributed by atoms with E-state index in [0.29, 0.717) is 18.7 Å². The summed E-state index contributed by atoms with van der Waals surface area (Å²) in [6.07, 6.45) is 4.80. The van der Waals surface area contributed by atoms with E-state index in [1.54, 1.807) is 19.3 Å². The molecule has 2 aliphatic rings. The van der Waals surface area contributed by atoms with Gasteiger partial charge in [-0.1, -0.05) is 24.3 Å². The average molecular weight is 423 g/mol. The summed E-state index contributed by atoms with van der Waals surface area (Å²) in [4.78, 5) is 39.3. The molecule has 2 aromatic rings. The Morgan fingerprint density at radius 3 is 2.29 bits per heavy atom. The number of nitrogens with one attached hydrogen (secondary N) is 2. The van der Waals surface area contributed by atoms with Crippen molar-refractivity contribution < 1.29 is 9.59 Å². The Hall–Kier alpha value is -2.93. The van der Waals surface area contributed by atoms with E-state index >= 15 is 0 Å². The van der Waals surface area contributed by atoms with E-state index in [4.69, 9.17) is 0 Å². The van der Waals surface area contributed by atoms with Crippen molar-refractivity contribution in [1.29, 1.82) is 0 Å². The lowest BCUT2D eigenvalue weighted by atomic mass is 10.00. The summed E-state index contributed by atoms with van der Waals surface area (Å²) >= 11 is 0. The van der Waals surface area contributed by atoms with Crippen LogP contribution in [-0.4, -0.2) is 53.5 Å². The molecule has 164 valence electrons. The second-order valence-electron chi connectivity index (χ2n) is 8.92. The number of aromatic nitrogens is 1. The van der Waals surface area contributed by atoms with Gasteiger partial charge in [0.15, 0.2) is 0 Å². The fraction of sp³-hybridized carbons (Fsp3) is 0.458. The number of rotatable bonds is 4. The lowest BCUT2D eigenvalue weighted by Crippen LogP contribution is -2.43. The highest BCUT2D eigenvalue weighted by Crippen LogP contribution is 2.23. The van der Waals surface area contributed by atoms with E-state index in [2.05, 4.69) is 27.7 Å². The molecule has 1 aliphatic carbocycles. The van der Waals surface area contributed by atoms with Crippen LogP contribution in [0.2, 0.25) is 0 Å². The van der Waals surface area contributed by atoms with Crippen molar-refractivity contribution in [2.24, 2.45) is 13.0 Å². The zero-order chi connectivity index (χ0) is 22.0. The van der Waals surface area contributed by atoms with Gasteiger partial charge in [-0.3, -0.25) is 14.4 Å². The third kappa shape index (κ3) is 5.05. The molecule has 2 heterocycles. The number of fused-ring (bicyclic) bond motifs is 1. The zero-order valence-electron chi connectivity index (χ0n) is 18.1. The standard InChI is InChI=1S/C24H30N4O3/c1-27-13-18(23(30)26-21-11-16-5-3-4-6-17(16)12-21)7-9-20(15-27)25-24(31)19-8-10-22(29)28(2)14-19/h3-6,8,10,14,18,20-21H,7,9,11-13,15H2,1-2H3,(H,25,31)(H,26,30)/t18-,20+/m1/s1. The number of benzene rings is 1. The quantitative estimate of drug-likeness (QED) is 0.773. The molecule has 0 radical (unpaired) electrons. The summed E-state index contributed by atoms with van der Waals surface area (Å²) in [5, 5.41) is 6.32. The molecule has 31 heavy (non-hydrogen) atoms. The minimum atomic E-state index is -0.194. The van der Waals surface area contributed by atoms with E-state index < -0.39 is 0 Å². The van der Waals surface area contributed by atoms with Crippen LogP contribution >= 0.6 is 0 Å². The Balaban J connectivity index is 1.32. The minimum absolute atomic E-state index is 0.0386. The fourth-order valence-electron chi connectivity index (χ4n) is 4.72. The number of likely N-dealkylation sites (tertiary alicyclic amines) is 1. The summed E-state index contributed by atoms with van der Waals surface area (Å²) in [5.41, 5.74) is 2.97. The predicted octanol–water partition coefficient (Wildman–Crippen LogP) is 1.11. The van der Waals surface area contributed by atoms with E-state index in [1.807, 2.05) is 19.2 Å². The van der Waals surface area contributed by atoms with Crippen LogP contribution in [0.25, 0.3) is 0 Å². The second-order valence-corrected chi connectivity index (χ2v) is 8.92. The summed E-state index contributed by atoms with van der Waals surface area (Å²) in [6, 6.07) is 11.4. The van der Waals surface area contributed by atoms with Crippen molar-refractivity contribution in [1.82, 2.24) is 20.1 Å². The van der Waals surface area contributed by atoms with Crippen molar-refractivity contribution in [3.63, 3.8) is 0 Å². The Bertz CT molecular complexity index is 1010. The monoisotopic (exact) mass is 422 g/mol. The number of hydrogen-bond acceptors (Lipinski definition) is 4. The van der Waals surface area contributed by atoms with Gasteiger partial charge in [0.1, 0.15) is 0 Å². The highest BCUT2D eigenvalue weighted by Gasteiger charge is 2.30. The highest BCUT2D eigenvalue weighted by molar-refractivity contribution is 5.94. The van der Waals surface area contributed by atoms with Gasteiger partial charge in [0.2, 0.25) is 11.5 Å². The molecule has 0 unspecified atom stereocenters. The number of carbonyl (C=O) groups excluding carboxylic acids is 2. The van der Waals surface area contributed by atoms with E-state index in [9.17, 15) is 14.4 Å². The van der Waals surface area contributed by atoms with Gasteiger partial charge in [0, 0.05) is 44.5 Å². The van der Waals surface area contributed by atoms with Gasteiger partial charge in [0.25, 0.3) is 5.91 Å². The average Bonchev–Trinajstić information content (AvgIpc) is 3.05. The normalized spacial score (nSPS) is 21.9. The molecule has 7 heteroatoms. The summed E-state index contributed by atoms with van der Waals surface area (Å²) in [5.74, 6) is -0.177. The SMILES string of the molecule is CN1C[C@@H](NC(=O)c2ccc(=O)n(C)c2)CC[C@@H](C(=O)NC2Cc3ccccc3C2)C1. The zero-order valence-corrected chi connectivity index (χ0v) is 18.1. The number of nitrogens with zero attached hydrogens (tertiary/aromatic N) is 2. The number of pyridine rings is 1. The molecule has 4 rings (SSSR count). The Morgan fingerprint density at radius 2 is 1.61 bits per heavy atom. The van der Waals surface area contributed by atoms with Gasteiger partial charge in [0.05, 0.1) is 11.5 Å². The molecule has 1 aliphatic heterocycles. The lowest BCUT2D eigenvalue weighted by molar-refractivity contribution is -0.126. The maximum Gasteiger partial charge on any atom is 0.253 e. The van der Waals surface area contributed by atoms with Crippen LogP contribution in [0.4, 0.5) is 0 Å². The Morgan fingerprint density at radius 1 is 0.903 bits per heavy atom. The van der Waals surface area contributed by atoms with Crippen molar-refractivity contribution >= 4 is 11.8 Å². The lowest BCUT2D eigenvalue weighted by Gasteiger charge is -2.22. The third-order valence-corrected chi connectivity index (χ3v) is 6.38. The minimum Gasteiger partial charge on any atom is -0.352 e. The molecular weight excluding hydrogens is 392 g/mol. The van der Waals surface area contributed by atoms with Crippen LogP contribution in [-0.2, 0) is 24.7 Å². The molecule has 2 amide bonds. The first-order valence-corrected chi connectivity index (χ1v) is 10.9. The molecule has 1 fully saturated rings. The van der Waals surface area contributed by atoms with Gasteiger partial charge in [-0.05, 0) is 49.9 Å². The number of amides is 2. The second kappa shape index (κ2) is 9.06. The van der Waals surface area contributed by atoms with Gasteiger partial charge in [-0.15, -0.1) is 0 Å². The van der Waals surface area contributed by atoms with Crippen LogP contribution in [0.15, 0.2) is 47.4 Å². The summed E-state index contributed by atoms with van der Waals surface area (Å²) < 4.78 is 1.40. The van der Waals surface area contributed by atoms with Crippen LogP contribution in [0.1, 0.15) is 34.3 Å². The molecule has 1 saturated heterocycles. The Labute approximate surface area is 182 Å². The van der Waals surface area contributed by atoms with E-state index in [-0.39, 0.29) is 35.4 Å². The number of likely N-dealkylation sites (N-methyl/N-ethyl adjacent to an activating group) is 1. The van der Waals surface area contributed by atoms with Gasteiger partial charge >= 0.3 is 0 Å². The summed E-state index contributed by atoms with van der Waals surface area (Å²) in [7, 11) is 3.62. The molecule has 0 bridgehead atoms. The van der Waals surface area contributed by atoms with Gasteiger partial charge in [-0.2, -0.15) is 0 Å². The summed E-state index contributed by atoms with van der Waals surface area (Å²) in [6.45, 7) is 1.37. The molecule has 0 saturated carbocycles. The van der Waals surface area contributed by atoms with Gasteiger partial charge in [-0.25, -0.2) is 0 Å². The molecule has 0 spiro atoms. The Kier molecular flexibility index (Phi) is 6.23. The molecule has 2 N–H and O–H groups in total. The van der Waals surface area contributed by atoms with Crippen LogP contribution in [0.5, 0.6) is 0 Å².